The maximum absolute atomic E-state index is 12.7. The molecular formula is C17H16N6O3. The number of carbonyl (C=O) groups is 3. The second-order valence-electron chi connectivity index (χ2n) is 5.52. The number of aromatic amines is 2. The molecule has 0 fully saturated rings. The molecule has 9 heteroatoms. The maximum atomic E-state index is 12.7. The Labute approximate surface area is 148 Å². The van der Waals surface area contributed by atoms with Crippen molar-refractivity contribution >= 4 is 17.6 Å². The summed E-state index contributed by atoms with van der Waals surface area (Å²) in [7, 11) is 0. The fourth-order valence-electron chi connectivity index (χ4n) is 2.49. The van der Waals surface area contributed by atoms with Gasteiger partial charge in [0.1, 0.15) is 11.7 Å². The van der Waals surface area contributed by atoms with E-state index in [9.17, 15) is 14.4 Å². The Bertz CT molecular complexity index is 917. The fraction of sp³-hybridized carbons (Fsp3) is 0.118. The summed E-state index contributed by atoms with van der Waals surface area (Å²) in [6.45, 7) is 0. The van der Waals surface area contributed by atoms with Gasteiger partial charge in [0.15, 0.2) is 0 Å². The van der Waals surface area contributed by atoms with Gasteiger partial charge in [-0.05, 0) is 24.3 Å². The summed E-state index contributed by atoms with van der Waals surface area (Å²) in [5.41, 5.74) is 6.83. The Hall–Kier alpha value is -3.75. The van der Waals surface area contributed by atoms with Gasteiger partial charge in [-0.3, -0.25) is 24.5 Å². The summed E-state index contributed by atoms with van der Waals surface area (Å²) in [4.78, 5) is 43.1. The summed E-state index contributed by atoms with van der Waals surface area (Å²) in [5.74, 6) is -2.56. The van der Waals surface area contributed by atoms with Crippen molar-refractivity contribution in [1.82, 2.24) is 25.5 Å². The standard InChI is InChI=1S/C17H16N6O3/c18-16(25)15(24)13(8-10-4-3-7-19-10)22-17(26)11-9-21-23-14(11)12-5-1-2-6-20-12/h1-7,9,13,19H,8H2,(H2,18,25)(H,21,23)(H,22,26). The van der Waals surface area contributed by atoms with E-state index >= 15 is 0 Å². The molecule has 0 spiro atoms. The van der Waals surface area contributed by atoms with Crippen molar-refractivity contribution in [2.24, 2.45) is 5.73 Å². The highest BCUT2D eigenvalue weighted by molar-refractivity contribution is 6.38. The second-order valence-corrected chi connectivity index (χ2v) is 5.52. The lowest BCUT2D eigenvalue weighted by Crippen LogP contribution is -2.47. The highest BCUT2D eigenvalue weighted by Gasteiger charge is 2.27. The van der Waals surface area contributed by atoms with Crippen LogP contribution < -0.4 is 11.1 Å². The number of nitrogens with zero attached hydrogens (tertiary/aromatic N) is 2. The molecule has 0 aliphatic heterocycles. The van der Waals surface area contributed by atoms with Crippen molar-refractivity contribution in [3.05, 3.63) is 60.2 Å². The number of amides is 2. The van der Waals surface area contributed by atoms with Crippen molar-refractivity contribution in [1.29, 1.82) is 0 Å². The van der Waals surface area contributed by atoms with Crippen LogP contribution in [0.15, 0.2) is 48.9 Å². The third-order valence-electron chi connectivity index (χ3n) is 3.74. The summed E-state index contributed by atoms with van der Waals surface area (Å²) in [6, 6.07) is 7.61. The van der Waals surface area contributed by atoms with E-state index in [0.29, 0.717) is 17.1 Å². The summed E-state index contributed by atoms with van der Waals surface area (Å²) >= 11 is 0. The number of aromatic nitrogens is 4. The first-order valence-corrected chi connectivity index (χ1v) is 7.78. The molecule has 0 bridgehead atoms. The molecule has 0 saturated heterocycles. The number of nitrogens with two attached hydrogens (primary N) is 1. The van der Waals surface area contributed by atoms with Gasteiger partial charge in [0.25, 0.3) is 11.8 Å². The number of Topliss-reactive ketones (excluding diaryl/α,β-unsaturated/α-hetero) is 1. The van der Waals surface area contributed by atoms with Crippen molar-refractivity contribution < 1.29 is 14.4 Å². The first kappa shape index (κ1) is 17.1. The lowest BCUT2D eigenvalue weighted by atomic mass is 10.1. The van der Waals surface area contributed by atoms with Gasteiger partial charge in [-0.2, -0.15) is 5.10 Å². The minimum absolute atomic E-state index is 0.108. The van der Waals surface area contributed by atoms with Crippen LogP contribution in [0.25, 0.3) is 11.4 Å². The first-order chi connectivity index (χ1) is 12.6. The zero-order valence-electron chi connectivity index (χ0n) is 13.6. The van der Waals surface area contributed by atoms with Gasteiger partial charge in [-0.15, -0.1) is 0 Å². The number of pyridine rings is 1. The molecule has 132 valence electrons. The molecule has 26 heavy (non-hydrogen) atoms. The lowest BCUT2D eigenvalue weighted by molar-refractivity contribution is -0.137. The average Bonchev–Trinajstić information content (AvgIpc) is 3.32. The molecular weight excluding hydrogens is 336 g/mol. The van der Waals surface area contributed by atoms with Gasteiger partial charge in [0.2, 0.25) is 5.78 Å². The van der Waals surface area contributed by atoms with E-state index in [1.54, 1.807) is 42.7 Å². The highest BCUT2D eigenvalue weighted by Crippen LogP contribution is 2.18. The summed E-state index contributed by atoms with van der Waals surface area (Å²) < 4.78 is 0. The zero-order valence-corrected chi connectivity index (χ0v) is 13.6. The van der Waals surface area contributed by atoms with E-state index in [0.717, 1.165) is 0 Å². The summed E-state index contributed by atoms with van der Waals surface area (Å²) in [5, 5.41) is 9.21. The summed E-state index contributed by atoms with van der Waals surface area (Å²) in [6.07, 6.45) is 4.77. The van der Waals surface area contributed by atoms with E-state index in [1.165, 1.54) is 6.20 Å². The average molecular weight is 352 g/mol. The molecule has 3 aromatic heterocycles. The molecule has 3 aromatic rings. The monoisotopic (exact) mass is 352 g/mol. The van der Waals surface area contributed by atoms with Crippen molar-refractivity contribution in [3.63, 3.8) is 0 Å². The normalized spacial score (nSPS) is 11.7. The largest absolute Gasteiger partial charge is 0.365 e. The van der Waals surface area contributed by atoms with Crippen LogP contribution in [0.5, 0.6) is 0 Å². The van der Waals surface area contributed by atoms with Crippen LogP contribution in [0.2, 0.25) is 0 Å². The van der Waals surface area contributed by atoms with E-state index in [4.69, 9.17) is 5.73 Å². The van der Waals surface area contributed by atoms with Crippen molar-refractivity contribution in [2.45, 2.75) is 12.5 Å². The highest BCUT2D eigenvalue weighted by atomic mass is 16.2. The van der Waals surface area contributed by atoms with Gasteiger partial charge in [0.05, 0.1) is 11.3 Å². The predicted octanol–water partition coefficient (Wildman–Crippen LogP) is 0.195. The number of hydrogen-bond acceptors (Lipinski definition) is 5. The number of H-pyrrole nitrogens is 2. The molecule has 0 aliphatic rings. The van der Waals surface area contributed by atoms with Crippen LogP contribution in [0.3, 0.4) is 0 Å². The van der Waals surface area contributed by atoms with Crippen LogP contribution in [0.4, 0.5) is 0 Å². The molecule has 1 unspecified atom stereocenters. The molecule has 0 aromatic carbocycles. The Morgan fingerprint density at radius 2 is 2.04 bits per heavy atom. The van der Waals surface area contributed by atoms with Gasteiger partial charge in [-0.1, -0.05) is 6.07 Å². The third-order valence-corrected chi connectivity index (χ3v) is 3.74. The Kier molecular flexibility index (Phi) is 4.88. The van der Waals surface area contributed by atoms with Gasteiger partial charge < -0.3 is 16.0 Å². The number of rotatable bonds is 7. The van der Waals surface area contributed by atoms with Crippen molar-refractivity contribution in [2.75, 3.05) is 0 Å². The molecule has 3 rings (SSSR count). The van der Waals surface area contributed by atoms with Crippen LogP contribution >= 0.6 is 0 Å². The molecule has 0 saturated carbocycles. The van der Waals surface area contributed by atoms with Crippen LogP contribution in [0, 0.1) is 0 Å². The van der Waals surface area contributed by atoms with Crippen LogP contribution in [-0.4, -0.2) is 43.8 Å². The molecule has 9 nitrogen and oxygen atoms in total. The SMILES string of the molecule is NC(=O)C(=O)C(Cc1ccc[nH]1)NC(=O)c1c[nH]nc1-c1ccccn1. The first-order valence-electron chi connectivity index (χ1n) is 7.78. The maximum Gasteiger partial charge on any atom is 0.287 e. The topological polar surface area (TPSA) is 147 Å². The van der Waals surface area contributed by atoms with Gasteiger partial charge in [-0.25, -0.2) is 0 Å². The molecule has 5 N–H and O–H groups in total. The number of nitrogens with one attached hydrogen (secondary N) is 3. The van der Waals surface area contributed by atoms with Crippen molar-refractivity contribution in [3.8, 4) is 11.4 Å². The molecule has 0 aliphatic carbocycles. The van der Waals surface area contributed by atoms with Crippen LogP contribution in [-0.2, 0) is 16.0 Å². The quantitative estimate of drug-likeness (QED) is 0.448. The number of ketones is 1. The third kappa shape index (κ3) is 3.66. The zero-order chi connectivity index (χ0) is 18.5. The van der Waals surface area contributed by atoms with Gasteiger partial charge >= 0.3 is 0 Å². The van der Waals surface area contributed by atoms with Crippen LogP contribution in [0.1, 0.15) is 16.1 Å². The number of primary amides is 1. The molecule has 2 amide bonds. The van der Waals surface area contributed by atoms with E-state index < -0.39 is 23.6 Å². The molecule has 1 atom stereocenters. The minimum atomic E-state index is -1.11. The number of carbonyl (C=O) groups excluding carboxylic acids is 3. The van der Waals surface area contributed by atoms with E-state index in [2.05, 4.69) is 25.5 Å². The second kappa shape index (κ2) is 7.43. The van der Waals surface area contributed by atoms with E-state index in [1.807, 2.05) is 0 Å². The predicted molar refractivity (Wildman–Crippen MR) is 91.8 cm³/mol. The Morgan fingerprint density at radius 3 is 2.69 bits per heavy atom. The molecule has 0 radical (unpaired) electrons. The number of hydrogen-bond donors (Lipinski definition) is 4. The fourth-order valence-corrected chi connectivity index (χ4v) is 2.49. The Balaban J connectivity index is 1.83. The lowest BCUT2D eigenvalue weighted by Gasteiger charge is -2.15. The smallest absolute Gasteiger partial charge is 0.287 e. The van der Waals surface area contributed by atoms with E-state index in [-0.39, 0.29) is 12.0 Å². The molecule has 3 heterocycles. The minimum Gasteiger partial charge on any atom is -0.365 e. The van der Waals surface area contributed by atoms with Gasteiger partial charge in [0, 0.05) is 30.7 Å². The Morgan fingerprint density at radius 1 is 1.19 bits per heavy atom.